The molecular weight excluding hydrogens is 254 g/mol. The summed E-state index contributed by atoms with van der Waals surface area (Å²) in [5.41, 5.74) is 5.43. The normalized spacial score (nSPS) is 10.8. The lowest BCUT2D eigenvalue weighted by Gasteiger charge is -2.32. The van der Waals surface area contributed by atoms with E-state index in [1.165, 1.54) is 0 Å². The molecule has 0 saturated carbocycles. The Morgan fingerprint density at radius 3 is 1.80 bits per heavy atom. The molecule has 0 aliphatic carbocycles. The van der Waals surface area contributed by atoms with Crippen LogP contribution in [-0.2, 0) is 15.1 Å². The molecule has 102 valence electrons. The van der Waals surface area contributed by atoms with E-state index in [0.717, 1.165) is 6.29 Å². The van der Waals surface area contributed by atoms with Gasteiger partial charge in [0.1, 0.15) is 6.29 Å². The van der Waals surface area contributed by atoms with Gasteiger partial charge in [-0.1, -0.05) is 60.7 Å². The Bertz CT molecular complexity index is 542. The molecule has 0 spiro atoms. The fraction of sp³-hybridized carbons (Fsp3) is 0.125. The predicted octanol–water partition coefficient (Wildman–Crippen LogP) is 2.61. The van der Waals surface area contributed by atoms with Crippen LogP contribution in [0.25, 0.3) is 0 Å². The molecule has 0 aliphatic heterocycles. The highest BCUT2D eigenvalue weighted by Gasteiger charge is 2.37. The first kappa shape index (κ1) is 13.8. The standard InChI is InChI=1S/C16H15NO3/c17-15(19)20-16(11-12-18,13-7-3-1-4-8-13)14-9-5-2-6-10-14/h1-10,12H,11H2,(H2,17,19). The second-order valence-corrected chi connectivity index (χ2v) is 4.35. The van der Waals surface area contributed by atoms with E-state index in [-0.39, 0.29) is 6.42 Å². The molecule has 2 aromatic rings. The average Bonchev–Trinajstić information content (AvgIpc) is 2.48. The van der Waals surface area contributed by atoms with E-state index in [1.807, 2.05) is 36.4 Å². The highest BCUT2D eigenvalue weighted by Crippen LogP contribution is 2.36. The highest BCUT2D eigenvalue weighted by molar-refractivity contribution is 5.68. The van der Waals surface area contributed by atoms with Crippen LogP contribution in [0.1, 0.15) is 17.5 Å². The first-order chi connectivity index (χ1) is 9.69. The van der Waals surface area contributed by atoms with Crippen molar-refractivity contribution in [2.45, 2.75) is 12.0 Å². The van der Waals surface area contributed by atoms with Crippen molar-refractivity contribution in [3.63, 3.8) is 0 Å². The van der Waals surface area contributed by atoms with Gasteiger partial charge in [0.15, 0.2) is 5.60 Å². The molecule has 2 rings (SSSR count). The van der Waals surface area contributed by atoms with E-state index < -0.39 is 11.7 Å². The van der Waals surface area contributed by atoms with Crippen LogP contribution < -0.4 is 5.73 Å². The zero-order valence-electron chi connectivity index (χ0n) is 10.9. The zero-order valence-corrected chi connectivity index (χ0v) is 10.9. The molecule has 0 aromatic heterocycles. The molecule has 2 N–H and O–H groups in total. The van der Waals surface area contributed by atoms with Crippen molar-refractivity contribution in [3.8, 4) is 0 Å². The SMILES string of the molecule is NC(=O)OC(CC=O)(c1ccccc1)c1ccccc1. The van der Waals surface area contributed by atoms with Crippen molar-refractivity contribution in [2.75, 3.05) is 0 Å². The Morgan fingerprint density at radius 2 is 1.45 bits per heavy atom. The first-order valence-electron chi connectivity index (χ1n) is 6.22. The van der Waals surface area contributed by atoms with Crippen LogP contribution in [0.15, 0.2) is 60.7 Å². The van der Waals surface area contributed by atoms with Gasteiger partial charge in [0.25, 0.3) is 0 Å². The molecule has 4 heteroatoms. The summed E-state index contributed by atoms with van der Waals surface area (Å²) in [4.78, 5) is 22.4. The summed E-state index contributed by atoms with van der Waals surface area (Å²) in [5.74, 6) is 0. The van der Waals surface area contributed by atoms with Gasteiger partial charge in [-0.15, -0.1) is 0 Å². The smallest absolute Gasteiger partial charge is 0.405 e. The fourth-order valence-corrected chi connectivity index (χ4v) is 2.27. The average molecular weight is 269 g/mol. The van der Waals surface area contributed by atoms with Crippen molar-refractivity contribution >= 4 is 12.4 Å². The second kappa shape index (κ2) is 6.02. The van der Waals surface area contributed by atoms with Gasteiger partial charge in [0.05, 0.1) is 6.42 Å². The Morgan fingerprint density at radius 1 is 1.00 bits per heavy atom. The van der Waals surface area contributed by atoms with Gasteiger partial charge in [-0.3, -0.25) is 0 Å². The van der Waals surface area contributed by atoms with Gasteiger partial charge in [0.2, 0.25) is 0 Å². The number of nitrogens with two attached hydrogens (primary N) is 1. The van der Waals surface area contributed by atoms with Crippen molar-refractivity contribution in [2.24, 2.45) is 5.73 Å². The number of benzene rings is 2. The second-order valence-electron chi connectivity index (χ2n) is 4.35. The molecule has 0 aliphatic rings. The van der Waals surface area contributed by atoms with E-state index in [4.69, 9.17) is 10.5 Å². The van der Waals surface area contributed by atoms with Crippen molar-refractivity contribution in [1.29, 1.82) is 0 Å². The molecule has 0 atom stereocenters. The minimum Gasteiger partial charge on any atom is -0.433 e. The first-order valence-corrected chi connectivity index (χ1v) is 6.22. The van der Waals surface area contributed by atoms with E-state index in [1.54, 1.807) is 24.3 Å². The third-order valence-electron chi connectivity index (χ3n) is 3.13. The summed E-state index contributed by atoms with van der Waals surface area (Å²) in [7, 11) is 0. The topological polar surface area (TPSA) is 69.4 Å². The lowest BCUT2D eigenvalue weighted by Crippen LogP contribution is -2.36. The molecule has 2 aromatic carbocycles. The van der Waals surface area contributed by atoms with Gasteiger partial charge in [-0.25, -0.2) is 4.79 Å². The summed E-state index contributed by atoms with van der Waals surface area (Å²) < 4.78 is 5.36. The molecule has 0 radical (unpaired) electrons. The molecule has 0 unspecified atom stereocenters. The molecule has 0 fully saturated rings. The van der Waals surface area contributed by atoms with E-state index in [0.29, 0.717) is 11.1 Å². The zero-order chi connectivity index (χ0) is 14.4. The molecular formula is C16H15NO3. The fourth-order valence-electron chi connectivity index (χ4n) is 2.27. The van der Waals surface area contributed by atoms with E-state index >= 15 is 0 Å². The highest BCUT2D eigenvalue weighted by atomic mass is 16.6. The maximum absolute atomic E-state index is 11.3. The Hall–Kier alpha value is -2.62. The molecule has 4 nitrogen and oxygen atoms in total. The number of ether oxygens (including phenoxy) is 1. The number of primary amides is 1. The van der Waals surface area contributed by atoms with E-state index in [2.05, 4.69) is 0 Å². The number of hydrogen-bond acceptors (Lipinski definition) is 3. The molecule has 20 heavy (non-hydrogen) atoms. The van der Waals surface area contributed by atoms with Crippen LogP contribution >= 0.6 is 0 Å². The number of carbonyl (C=O) groups is 2. The summed E-state index contributed by atoms with van der Waals surface area (Å²) in [5, 5.41) is 0. The predicted molar refractivity (Wildman–Crippen MR) is 75.0 cm³/mol. The van der Waals surface area contributed by atoms with Gasteiger partial charge < -0.3 is 15.3 Å². The number of amides is 1. The molecule has 1 amide bonds. The summed E-state index contributed by atoms with van der Waals surface area (Å²) in [6.45, 7) is 0. The Balaban J connectivity index is 2.62. The van der Waals surface area contributed by atoms with Crippen LogP contribution in [0.3, 0.4) is 0 Å². The van der Waals surface area contributed by atoms with Crippen LogP contribution in [0.5, 0.6) is 0 Å². The van der Waals surface area contributed by atoms with Crippen molar-refractivity contribution < 1.29 is 14.3 Å². The monoisotopic (exact) mass is 269 g/mol. The van der Waals surface area contributed by atoms with Crippen LogP contribution in [0.4, 0.5) is 4.79 Å². The maximum Gasteiger partial charge on any atom is 0.405 e. The lowest BCUT2D eigenvalue weighted by molar-refractivity contribution is -0.111. The van der Waals surface area contributed by atoms with Crippen LogP contribution in [0.2, 0.25) is 0 Å². The van der Waals surface area contributed by atoms with Gasteiger partial charge in [0, 0.05) is 11.1 Å². The van der Waals surface area contributed by atoms with Crippen LogP contribution in [-0.4, -0.2) is 12.4 Å². The minimum absolute atomic E-state index is 0.00394. The third kappa shape index (κ3) is 2.69. The summed E-state index contributed by atoms with van der Waals surface area (Å²) in [6, 6.07) is 18.2. The number of hydrogen-bond donors (Lipinski definition) is 1. The van der Waals surface area contributed by atoms with Crippen molar-refractivity contribution in [1.82, 2.24) is 0 Å². The Kier molecular flexibility index (Phi) is 4.15. The number of aldehydes is 1. The Labute approximate surface area is 117 Å². The summed E-state index contributed by atoms with van der Waals surface area (Å²) >= 11 is 0. The summed E-state index contributed by atoms with van der Waals surface area (Å²) in [6.07, 6.45) is -0.188. The quantitative estimate of drug-likeness (QED) is 0.848. The van der Waals surface area contributed by atoms with Crippen LogP contribution in [0, 0.1) is 0 Å². The number of rotatable bonds is 5. The van der Waals surface area contributed by atoms with Gasteiger partial charge >= 0.3 is 6.09 Å². The molecule has 0 bridgehead atoms. The van der Waals surface area contributed by atoms with Crippen molar-refractivity contribution in [3.05, 3.63) is 71.8 Å². The minimum atomic E-state index is -1.18. The molecule has 0 saturated heterocycles. The largest absolute Gasteiger partial charge is 0.433 e. The molecule has 0 heterocycles. The number of carbonyl (C=O) groups excluding carboxylic acids is 2. The van der Waals surface area contributed by atoms with E-state index in [9.17, 15) is 9.59 Å². The lowest BCUT2D eigenvalue weighted by atomic mass is 9.83. The van der Waals surface area contributed by atoms with Gasteiger partial charge in [-0.05, 0) is 0 Å². The van der Waals surface area contributed by atoms with Gasteiger partial charge in [-0.2, -0.15) is 0 Å². The third-order valence-corrected chi connectivity index (χ3v) is 3.13. The maximum atomic E-state index is 11.3.